The van der Waals surface area contributed by atoms with Crippen LogP contribution < -0.4 is 5.73 Å². The summed E-state index contributed by atoms with van der Waals surface area (Å²) in [6, 6.07) is 0. The summed E-state index contributed by atoms with van der Waals surface area (Å²) in [4.78, 5) is 12.1. The van der Waals surface area contributed by atoms with Crippen molar-refractivity contribution in [3.8, 4) is 0 Å². The van der Waals surface area contributed by atoms with Gasteiger partial charge in [0.2, 0.25) is 0 Å². The molecule has 2 bridgehead atoms. The van der Waals surface area contributed by atoms with E-state index in [2.05, 4.69) is 0 Å². The maximum Gasteiger partial charge on any atom is 0.140 e. The van der Waals surface area contributed by atoms with Crippen LogP contribution in [0.15, 0.2) is 0 Å². The fourth-order valence-corrected chi connectivity index (χ4v) is 3.83. The first kappa shape index (κ1) is 9.83. The zero-order valence-electron chi connectivity index (χ0n) is 9.37. The van der Waals surface area contributed by atoms with Gasteiger partial charge in [0.05, 0.1) is 0 Å². The minimum absolute atomic E-state index is 0.0537. The molecule has 0 aromatic heterocycles. The fraction of sp³-hybridized carbons (Fsp3) is 0.923. The lowest BCUT2D eigenvalue weighted by atomic mass is 9.82. The number of fused-ring (bicyclic) bond motifs is 2. The Balaban J connectivity index is 1.60. The van der Waals surface area contributed by atoms with Crippen LogP contribution in [0.4, 0.5) is 0 Å². The molecule has 3 aliphatic carbocycles. The molecule has 0 aromatic rings. The molecule has 15 heavy (non-hydrogen) atoms. The number of nitrogens with two attached hydrogens (primary N) is 1. The third-order valence-corrected chi connectivity index (χ3v) is 5.17. The summed E-state index contributed by atoms with van der Waals surface area (Å²) in [5.74, 6) is 3.05. The van der Waals surface area contributed by atoms with Gasteiger partial charge in [-0.15, -0.1) is 0 Å². The third kappa shape index (κ3) is 1.54. The smallest absolute Gasteiger partial charge is 0.140 e. The van der Waals surface area contributed by atoms with Gasteiger partial charge in [-0.25, -0.2) is 0 Å². The van der Waals surface area contributed by atoms with Crippen LogP contribution in [0.3, 0.4) is 0 Å². The summed E-state index contributed by atoms with van der Waals surface area (Å²) in [5, 5.41) is 0. The summed E-state index contributed by atoms with van der Waals surface area (Å²) in [7, 11) is 0. The van der Waals surface area contributed by atoms with Crippen molar-refractivity contribution in [2.24, 2.45) is 28.9 Å². The SMILES string of the molecule is NCC1(C(=O)CC2CC3CCC2C3)CC1. The van der Waals surface area contributed by atoms with Gasteiger partial charge in [0.1, 0.15) is 5.78 Å². The Morgan fingerprint density at radius 3 is 2.53 bits per heavy atom. The first-order valence-electron chi connectivity index (χ1n) is 6.47. The molecule has 3 fully saturated rings. The Labute approximate surface area is 91.6 Å². The lowest BCUT2D eigenvalue weighted by Crippen LogP contribution is -2.28. The van der Waals surface area contributed by atoms with Crippen LogP contribution in [0.1, 0.15) is 44.9 Å². The first-order chi connectivity index (χ1) is 7.23. The van der Waals surface area contributed by atoms with Crippen molar-refractivity contribution in [3.05, 3.63) is 0 Å². The van der Waals surface area contributed by atoms with E-state index in [4.69, 9.17) is 5.73 Å². The van der Waals surface area contributed by atoms with E-state index in [-0.39, 0.29) is 5.41 Å². The summed E-state index contributed by atoms with van der Waals surface area (Å²) >= 11 is 0. The second-order valence-electron chi connectivity index (χ2n) is 6.05. The molecule has 2 heteroatoms. The molecule has 0 amide bonds. The number of carbonyl (C=O) groups excluding carboxylic acids is 1. The van der Waals surface area contributed by atoms with Crippen molar-refractivity contribution >= 4 is 5.78 Å². The number of ketones is 1. The van der Waals surface area contributed by atoms with Gasteiger partial charge in [-0.2, -0.15) is 0 Å². The molecule has 2 nitrogen and oxygen atoms in total. The predicted molar refractivity (Wildman–Crippen MR) is 59.3 cm³/mol. The van der Waals surface area contributed by atoms with Crippen LogP contribution in [0.25, 0.3) is 0 Å². The standard InChI is InChI=1S/C13H21NO/c14-8-13(3-4-13)12(15)7-11-6-9-1-2-10(11)5-9/h9-11H,1-8,14H2. The van der Waals surface area contributed by atoms with Gasteiger partial charge < -0.3 is 5.73 Å². The highest BCUT2D eigenvalue weighted by atomic mass is 16.1. The molecule has 84 valence electrons. The van der Waals surface area contributed by atoms with Crippen LogP contribution in [0.2, 0.25) is 0 Å². The summed E-state index contributed by atoms with van der Waals surface area (Å²) in [6.45, 7) is 0.590. The van der Waals surface area contributed by atoms with Gasteiger partial charge in [-0.1, -0.05) is 6.42 Å². The van der Waals surface area contributed by atoms with Gasteiger partial charge in [-0.3, -0.25) is 4.79 Å². The van der Waals surface area contributed by atoms with E-state index in [0.717, 1.165) is 37.0 Å². The van der Waals surface area contributed by atoms with Gasteiger partial charge in [0, 0.05) is 18.4 Å². The van der Waals surface area contributed by atoms with Gasteiger partial charge >= 0.3 is 0 Å². The van der Waals surface area contributed by atoms with E-state index in [9.17, 15) is 4.79 Å². The monoisotopic (exact) mass is 207 g/mol. The minimum atomic E-state index is -0.0537. The third-order valence-electron chi connectivity index (χ3n) is 5.17. The average Bonchev–Trinajstić information content (AvgIpc) is 2.79. The Morgan fingerprint density at radius 1 is 1.27 bits per heavy atom. The van der Waals surface area contributed by atoms with Crippen LogP contribution in [-0.4, -0.2) is 12.3 Å². The molecular weight excluding hydrogens is 186 g/mol. The summed E-state index contributed by atoms with van der Waals surface area (Å²) in [6.07, 6.45) is 8.52. The number of hydrogen-bond acceptors (Lipinski definition) is 2. The second kappa shape index (κ2) is 3.31. The number of carbonyl (C=O) groups is 1. The van der Waals surface area contributed by atoms with Crippen molar-refractivity contribution in [1.82, 2.24) is 0 Å². The van der Waals surface area contributed by atoms with E-state index in [1.54, 1.807) is 0 Å². The molecule has 0 heterocycles. The number of Topliss-reactive ketones (excluding diaryl/α,β-unsaturated/α-hetero) is 1. The van der Waals surface area contributed by atoms with Crippen LogP contribution in [0.5, 0.6) is 0 Å². The molecule has 0 radical (unpaired) electrons. The molecule has 0 spiro atoms. The van der Waals surface area contributed by atoms with Crippen molar-refractivity contribution in [2.75, 3.05) is 6.54 Å². The zero-order valence-corrected chi connectivity index (χ0v) is 9.37. The maximum absolute atomic E-state index is 12.1. The zero-order chi connectivity index (χ0) is 10.5. The molecule has 0 saturated heterocycles. The number of hydrogen-bond donors (Lipinski definition) is 1. The fourth-order valence-electron chi connectivity index (χ4n) is 3.83. The molecule has 0 aromatic carbocycles. The van der Waals surface area contributed by atoms with E-state index >= 15 is 0 Å². The van der Waals surface area contributed by atoms with Crippen molar-refractivity contribution in [2.45, 2.75) is 44.9 Å². The van der Waals surface area contributed by atoms with Gasteiger partial charge in [0.15, 0.2) is 0 Å². The maximum atomic E-state index is 12.1. The van der Waals surface area contributed by atoms with E-state index in [1.807, 2.05) is 0 Å². The molecule has 3 rings (SSSR count). The van der Waals surface area contributed by atoms with Crippen molar-refractivity contribution < 1.29 is 4.79 Å². The minimum Gasteiger partial charge on any atom is -0.329 e. The Bertz CT molecular complexity index is 282. The highest BCUT2D eigenvalue weighted by Gasteiger charge is 2.50. The molecule has 3 saturated carbocycles. The Morgan fingerprint density at radius 2 is 2.07 bits per heavy atom. The lowest BCUT2D eigenvalue weighted by Gasteiger charge is -2.22. The summed E-state index contributed by atoms with van der Waals surface area (Å²) < 4.78 is 0. The normalized spacial score (nSPS) is 40.7. The van der Waals surface area contributed by atoms with Crippen LogP contribution >= 0.6 is 0 Å². The molecular formula is C13H21NO. The van der Waals surface area contributed by atoms with Crippen LogP contribution in [0, 0.1) is 23.2 Å². The van der Waals surface area contributed by atoms with Crippen molar-refractivity contribution in [1.29, 1.82) is 0 Å². The molecule has 3 aliphatic rings. The van der Waals surface area contributed by atoms with Gasteiger partial charge in [0.25, 0.3) is 0 Å². The quantitative estimate of drug-likeness (QED) is 0.767. The lowest BCUT2D eigenvalue weighted by molar-refractivity contribution is -0.125. The molecule has 3 atom stereocenters. The predicted octanol–water partition coefficient (Wildman–Crippen LogP) is 2.12. The van der Waals surface area contributed by atoms with E-state index in [0.29, 0.717) is 12.3 Å². The van der Waals surface area contributed by atoms with Gasteiger partial charge in [-0.05, 0) is 49.9 Å². The number of rotatable bonds is 4. The van der Waals surface area contributed by atoms with E-state index < -0.39 is 0 Å². The highest BCUT2D eigenvalue weighted by molar-refractivity contribution is 5.87. The molecule has 3 unspecified atom stereocenters. The Kier molecular flexibility index (Phi) is 2.17. The first-order valence-corrected chi connectivity index (χ1v) is 6.47. The second-order valence-corrected chi connectivity index (χ2v) is 6.05. The average molecular weight is 207 g/mol. The topological polar surface area (TPSA) is 43.1 Å². The van der Waals surface area contributed by atoms with Crippen LogP contribution in [-0.2, 0) is 4.79 Å². The Hall–Kier alpha value is -0.370. The summed E-state index contributed by atoms with van der Waals surface area (Å²) in [5.41, 5.74) is 5.65. The highest BCUT2D eigenvalue weighted by Crippen LogP contribution is 2.52. The largest absolute Gasteiger partial charge is 0.329 e. The molecule has 2 N–H and O–H groups in total. The molecule has 0 aliphatic heterocycles. The van der Waals surface area contributed by atoms with Crippen molar-refractivity contribution in [3.63, 3.8) is 0 Å². The van der Waals surface area contributed by atoms with E-state index in [1.165, 1.54) is 25.7 Å².